The van der Waals surface area contributed by atoms with Crippen LogP contribution in [0.2, 0.25) is 0 Å². The second kappa shape index (κ2) is 7.27. The predicted octanol–water partition coefficient (Wildman–Crippen LogP) is 2.56. The van der Waals surface area contributed by atoms with Gasteiger partial charge >= 0.3 is 5.69 Å². The Balaban J connectivity index is 1.54. The third-order valence-electron chi connectivity index (χ3n) is 3.68. The number of hydrogen-bond donors (Lipinski definition) is 2. The van der Waals surface area contributed by atoms with Crippen molar-refractivity contribution in [2.24, 2.45) is 0 Å². The average Bonchev–Trinajstić information content (AvgIpc) is 3.03. The number of carbonyl (C=O) groups excluding carboxylic acids is 1. The third kappa shape index (κ3) is 3.62. The van der Waals surface area contributed by atoms with Gasteiger partial charge < -0.3 is 10.3 Å². The van der Waals surface area contributed by atoms with E-state index in [0.29, 0.717) is 36.0 Å². The molecule has 7 heteroatoms. The van der Waals surface area contributed by atoms with Crippen molar-refractivity contribution in [2.45, 2.75) is 25.8 Å². The lowest BCUT2D eigenvalue weighted by Crippen LogP contribution is -2.34. The lowest BCUT2D eigenvalue weighted by atomic mass is 10.2. The van der Waals surface area contributed by atoms with Crippen LogP contribution in [0.5, 0.6) is 0 Å². The van der Waals surface area contributed by atoms with E-state index in [0.717, 1.165) is 5.69 Å². The van der Waals surface area contributed by atoms with Crippen molar-refractivity contribution >= 4 is 33.1 Å². The number of nitrogens with zero attached hydrogens (tertiary/aromatic N) is 1. The molecule has 0 aliphatic rings. The van der Waals surface area contributed by atoms with Gasteiger partial charge in [-0.2, -0.15) is 0 Å². The first-order chi connectivity index (χ1) is 11.6. The summed E-state index contributed by atoms with van der Waals surface area (Å²) in [7, 11) is 0. The monoisotopic (exact) mass is 343 g/mol. The highest BCUT2D eigenvalue weighted by molar-refractivity contribution is 7.17. The summed E-state index contributed by atoms with van der Waals surface area (Å²) in [6, 6.07) is 11.0. The van der Waals surface area contributed by atoms with Gasteiger partial charge in [0, 0.05) is 18.7 Å². The number of para-hydroxylation sites is 1. The van der Waals surface area contributed by atoms with Gasteiger partial charge in [0.15, 0.2) is 0 Å². The number of rotatable bonds is 6. The first-order valence-electron chi connectivity index (χ1n) is 7.70. The van der Waals surface area contributed by atoms with E-state index in [2.05, 4.69) is 10.3 Å². The standard InChI is InChI=1S/C17H17N3O3S/c21-14(18-12-6-2-1-3-7-12)8-4-5-10-20-16(22)15-13(9-11-24-15)19-17(20)23/h1-3,6-7,9,11H,4-5,8,10H2,(H,18,21)(H,19,23). The number of benzene rings is 1. The molecule has 2 heterocycles. The van der Waals surface area contributed by atoms with Crippen molar-refractivity contribution in [3.05, 3.63) is 62.6 Å². The Morgan fingerprint density at radius 3 is 2.71 bits per heavy atom. The van der Waals surface area contributed by atoms with Gasteiger partial charge in [-0.3, -0.25) is 14.2 Å². The minimum absolute atomic E-state index is 0.0730. The van der Waals surface area contributed by atoms with Gasteiger partial charge in [-0.05, 0) is 36.4 Å². The predicted molar refractivity (Wildman–Crippen MR) is 95.6 cm³/mol. The van der Waals surface area contributed by atoms with Crippen molar-refractivity contribution in [1.29, 1.82) is 0 Å². The molecule has 1 aromatic carbocycles. The van der Waals surface area contributed by atoms with E-state index in [1.54, 1.807) is 11.4 Å². The van der Waals surface area contributed by atoms with Gasteiger partial charge in [-0.15, -0.1) is 11.3 Å². The molecular formula is C17H17N3O3S. The van der Waals surface area contributed by atoms with E-state index in [4.69, 9.17) is 0 Å². The van der Waals surface area contributed by atoms with Crippen LogP contribution in [0.4, 0.5) is 5.69 Å². The van der Waals surface area contributed by atoms with E-state index in [9.17, 15) is 14.4 Å². The summed E-state index contributed by atoms with van der Waals surface area (Å²) >= 11 is 1.31. The summed E-state index contributed by atoms with van der Waals surface area (Å²) in [4.78, 5) is 38.8. The van der Waals surface area contributed by atoms with E-state index in [1.807, 2.05) is 30.3 Å². The molecule has 124 valence electrons. The molecule has 0 saturated heterocycles. The minimum Gasteiger partial charge on any atom is -0.326 e. The van der Waals surface area contributed by atoms with E-state index in [-0.39, 0.29) is 11.5 Å². The molecule has 1 amide bonds. The zero-order valence-electron chi connectivity index (χ0n) is 13.0. The molecule has 0 aliphatic carbocycles. The van der Waals surface area contributed by atoms with Gasteiger partial charge in [0.1, 0.15) is 4.70 Å². The SMILES string of the molecule is O=C(CCCCn1c(=O)[nH]c2ccsc2c1=O)Nc1ccccc1. The van der Waals surface area contributed by atoms with Gasteiger partial charge in [0.25, 0.3) is 5.56 Å². The number of nitrogens with one attached hydrogen (secondary N) is 2. The number of hydrogen-bond acceptors (Lipinski definition) is 4. The zero-order chi connectivity index (χ0) is 16.9. The fourth-order valence-corrected chi connectivity index (χ4v) is 3.27. The summed E-state index contributed by atoms with van der Waals surface area (Å²) in [6.07, 6.45) is 1.54. The van der Waals surface area contributed by atoms with Gasteiger partial charge in [0.05, 0.1) is 5.52 Å². The molecule has 0 aliphatic heterocycles. The molecule has 0 fully saturated rings. The Labute approximate surface area is 141 Å². The van der Waals surface area contributed by atoms with Crippen molar-refractivity contribution in [1.82, 2.24) is 9.55 Å². The van der Waals surface area contributed by atoms with Crippen molar-refractivity contribution in [3.63, 3.8) is 0 Å². The lowest BCUT2D eigenvalue weighted by Gasteiger charge is -2.06. The van der Waals surface area contributed by atoms with Crippen LogP contribution in [-0.4, -0.2) is 15.5 Å². The number of anilines is 1. The summed E-state index contributed by atoms with van der Waals surface area (Å²) in [5.74, 6) is -0.0730. The number of unbranched alkanes of at least 4 members (excludes halogenated alkanes) is 1. The largest absolute Gasteiger partial charge is 0.328 e. The molecule has 3 aromatic rings. The fourth-order valence-electron chi connectivity index (χ4n) is 2.47. The summed E-state index contributed by atoms with van der Waals surface area (Å²) in [6.45, 7) is 0.306. The first-order valence-corrected chi connectivity index (χ1v) is 8.58. The van der Waals surface area contributed by atoms with Crippen LogP contribution in [0, 0.1) is 0 Å². The molecule has 3 rings (SSSR count). The molecule has 0 saturated carbocycles. The van der Waals surface area contributed by atoms with Gasteiger partial charge in [-0.25, -0.2) is 4.79 Å². The number of carbonyl (C=O) groups is 1. The van der Waals surface area contributed by atoms with E-state index >= 15 is 0 Å². The number of amides is 1. The summed E-state index contributed by atoms with van der Waals surface area (Å²) < 4.78 is 1.75. The molecule has 0 bridgehead atoms. The Morgan fingerprint density at radius 1 is 1.12 bits per heavy atom. The molecule has 0 atom stereocenters. The zero-order valence-corrected chi connectivity index (χ0v) is 13.8. The molecular weight excluding hydrogens is 326 g/mol. The Morgan fingerprint density at radius 2 is 1.92 bits per heavy atom. The Kier molecular flexibility index (Phi) is 4.90. The van der Waals surface area contributed by atoms with Crippen LogP contribution >= 0.6 is 11.3 Å². The van der Waals surface area contributed by atoms with Crippen LogP contribution in [0.3, 0.4) is 0 Å². The highest BCUT2D eigenvalue weighted by Crippen LogP contribution is 2.12. The number of H-pyrrole nitrogens is 1. The Hall–Kier alpha value is -2.67. The molecule has 2 N–H and O–H groups in total. The number of fused-ring (bicyclic) bond motifs is 1. The number of aromatic amines is 1. The second-order valence-corrected chi connectivity index (χ2v) is 6.34. The lowest BCUT2D eigenvalue weighted by molar-refractivity contribution is -0.116. The molecule has 24 heavy (non-hydrogen) atoms. The highest BCUT2D eigenvalue weighted by atomic mass is 32.1. The van der Waals surface area contributed by atoms with Crippen molar-refractivity contribution in [2.75, 3.05) is 5.32 Å². The first kappa shape index (κ1) is 16.2. The molecule has 6 nitrogen and oxygen atoms in total. The van der Waals surface area contributed by atoms with Crippen LogP contribution in [0.25, 0.3) is 10.2 Å². The number of thiophene rings is 1. The third-order valence-corrected chi connectivity index (χ3v) is 4.59. The van der Waals surface area contributed by atoms with Crippen LogP contribution in [0.15, 0.2) is 51.4 Å². The fraction of sp³-hybridized carbons (Fsp3) is 0.235. The van der Waals surface area contributed by atoms with Crippen molar-refractivity contribution in [3.8, 4) is 0 Å². The maximum absolute atomic E-state index is 12.3. The smallest absolute Gasteiger partial charge is 0.326 e. The maximum atomic E-state index is 12.3. The Bertz CT molecular complexity index is 956. The van der Waals surface area contributed by atoms with Crippen molar-refractivity contribution < 1.29 is 4.79 Å². The normalized spacial score (nSPS) is 10.8. The molecule has 2 aromatic heterocycles. The summed E-state index contributed by atoms with van der Waals surface area (Å²) in [5.41, 5.74) is 0.670. The van der Waals surface area contributed by atoms with Crippen LogP contribution < -0.4 is 16.6 Å². The van der Waals surface area contributed by atoms with E-state index < -0.39 is 5.69 Å². The quantitative estimate of drug-likeness (QED) is 0.675. The molecule has 0 radical (unpaired) electrons. The minimum atomic E-state index is -0.403. The average molecular weight is 343 g/mol. The van der Waals surface area contributed by atoms with Gasteiger partial charge in [0.2, 0.25) is 5.91 Å². The van der Waals surface area contributed by atoms with Gasteiger partial charge in [-0.1, -0.05) is 18.2 Å². The highest BCUT2D eigenvalue weighted by Gasteiger charge is 2.09. The second-order valence-electron chi connectivity index (χ2n) is 5.42. The molecule has 0 spiro atoms. The summed E-state index contributed by atoms with van der Waals surface area (Å²) in [5, 5.41) is 4.59. The van der Waals surface area contributed by atoms with Crippen LogP contribution in [0.1, 0.15) is 19.3 Å². The molecule has 0 unspecified atom stereocenters. The number of aromatic nitrogens is 2. The topological polar surface area (TPSA) is 84.0 Å². The maximum Gasteiger partial charge on any atom is 0.328 e. The van der Waals surface area contributed by atoms with E-state index in [1.165, 1.54) is 15.9 Å². The van der Waals surface area contributed by atoms with Crippen LogP contribution in [-0.2, 0) is 11.3 Å².